The summed E-state index contributed by atoms with van der Waals surface area (Å²) in [5.74, 6) is -0.410. The number of hydrogen-bond donors (Lipinski definition) is 3. The number of phenolic OH excluding ortho intramolecular Hbond substituents is 1. The average Bonchev–Trinajstić information content (AvgIpc) is 2.92. The monoisotopic (exact) mass is 515 g/mol. The summed E-state index contributed by atoms with van der Waals surface area (Å²) in [6.45, 7) is 4.16. The molecule has 2 aromatic carbocycles. The third-order valence-corrected chi connectivity index (χ3v) is 7.31. The molecule has 4 N–H and O–H groups in total. The van der Waals surface area contributed by atoms with Crippen molar-refractivity contribution < 1.29 is 14.6 Å². The number of carbonyl (C=O) groups excluding carboxylic acids is 1. The lowest BCUT2D eigenvalue weighted by atomic mass is 10.0. The van der Waals surface area contributed by atoms with Gasteiger partial charge in [0.25, 0.3) is 5.56 Å². The van der Waals surface area contributed by atoms with Crippen molar-refractivity contribution in [2.75, 3.05) is 26.7 Å². The van der Waals surface area contributed by atoms with Gasteiger partial charge in [-0.05, 0) is 49.7 Å². The Labute approximate surface area is 220 Å². The number of amides is 1. The molecule has 2 aromatic heterocycles. The molecule has 0 saturated carbocycles. The lowest BCUT2D eigenvalue weighted by molar-refractivity contribution is 0.100. The second-order valence-corrected chi connectivity index (χ2v) is 9.84. The molecule has 0 aliphatic carbocycles. The van der Waals surface area contributed by atoms with Gasteiger partial charge in [0, 0.05) is 49.6 Å². The minimum atomic E-state index is -0.607. The highest BCUT2D eigenvalue weighted by molar-refractivity contribution is 6.05. The number of carbonyl (C=O) groups is 1. The maximum Gasteiger partial charge on any atom is 0.251 e. The highest BCUT2D eigenvalue weighted by Crippen LogP contribution is 2.23. The zero-order valence-corrected chi connectivity index (χ0v) is 21.5. The maximum atomic E-state index is 12.9. The maximum absolute atomic E-state index is 12.9. The van der Waals surface area contributed by atoms with E-state index < -0.39 is 5.91 Å². The molecule has 0 spiro atoms. The van der Waals surface area contributed by atoms with Gasteiger partial charge in [-0.2, -0.15) is 0 Å². The van der Waals surface area contributed by atoms with E-state index in [2.05, 4.69) is 15.2 Å². The summed E-state index contributed by atoms with van der Waals surface area (Å²) in [5.41, 5.74) is 8.72. The van der Waals surface area contributed by atoms with Crippen LogP contribution in [0.25, 0.3) is 21.8 Å². The number of nitrogens with zero attached hydrogens (tertiary/aromatic N) is 3. The Morgan fingerprint density at radius 3 is 2.71 bits per heavy atom. The summed E-state index contributed by atoms with van der Waals surface area (Å²) < 4.78 is 6.98. The first-order valence-electron chi connectivity index (χ1n) is 12.9. The fourth-order valence-electron chi connectivity index (χ4n) is 5.24. The Bertz CT molecular complexity index is 1530. The zero-order chi connectivity index (χ0) is 26.6. The van der Waals surface area contributed by atoms with Gasteiger partial charge in [0.05, 0.1) is 23.4 Å². The van der Waals surface area contributed by atoms with Gasteiger partial charge in [-0.25, -0.2) is 4.98 Å². The van der Waals surface area contributed by atoms with Crippen LogP contribution in [0.4, 0.5) is 0 Å². The molecule has 198 valence electrons. The molecule has 3 heterocycles. The number of hydrogen-bond acceptors (Lipinski definition) is 7. The van der Waals surface area contributed by atoms with Gasteiger partial charge in [-0.3, -0.25) is 9.59 Å². The number of phenols is 1. The molecule has 4 aromatic rings. The summed E-state index contributed by atoms with van der Waals surface area (Å²) >= 11 is 0. The predicted molar refractivity (Wildman–Crippen MR) is 147 cm³/mol. The number of fused-ring (bicyclic) bond motifs is 2. The number of likely N-dealkylation sites (tertiary alicyclic amines) is 1. The Morgan fingerprint density at radius 2 is 1.95 bits per heavy atom. The van der Waals surface area contributed by atoms with E-state index in [1.165, 1.54) is 6.07 Å². The Balaban J connectivity index is 1.20. The van der Waals surface area contributed by atoms with E-state index in [9.17, 15) is 14.7 Å². The van der Waals surface area contributed by atoms with Gasteiger partial charge in [0.15, 0.2) is 0 Å². The third-order valence-electron chi connectivity index (χ3n) is 7.31. The van der Waals surface area contributed by atoms with E-state index in [1.54, 1.807) is 17.7 Å². The summed E-state index contributed by atoms with van der Waals surface area (Å²) in [5, 5.41) is 15.3. The van der Waals surface area contributed by atoms with E-state index in [1.807, 2.05) is 42.5 Å². The number of ether oxygens (including phenoxy) is 1. The fraction of sp³-hybridized carbons (Fsp3) is 0.345. The SMILES string of the molecule is COCc1ccc2c(C(N)=O)cc(=O)n(CCN3CCC(NCc4ccc5cccc(O)c5n4)CC3)c2c1. The molecule has 1 fully saturated rings. The average molecular weight is 516 g/mol. The minimum Gasteiger partial charge on any atom is -0.506 e. The van der Waals surface area contributed by atoms with Crippen LogP contribution in [0.5, 0.6) is 5.75 Å². The van der Waals surface area contributed by atoms with Gasteiger partial charge >= 0.3 is 0 Å². The molecule has 1 aliphatic rings. The van der Waals surface area contributed by atoms with E-state index in [-0.39, 0.29) is 16.9 Å². The molecule has 38 heavy (non-hydrogen) atoms. The molecule has 0 unspecified atom stereocenters. The number of benzene rings is 2. The second-order valence-electron chi connectivity index (χ2n) is 9.84. The van der Waals surface area contributed by atoms with Crippen molar-refractivity contribution in [1.82, 2.24) is 19.8 Å². The normalized spacial score (nSPS) is 14.9. The van der Waals surface area contributed by atoms with Crippen LogP contribution < -0.4 is 16.6 Å². The Hall–Kier alpha value is -3.79. The van der Waals surface area contributed by atoms with E-state index in [0.29, 0.717) is 42.2 Å². The quantitative estimate of drug-likeness (QED) is 0.313. The topological polar surface area (TPSA) is 123 Å². The van der Waals surface area contributed by atoms with Crippen molar-refractivity contribution in [1.29, 1.82) is 0 Å². The summed E-state index contributed by atoms with van der Waals surface area (Å²) in [7, 11) is 1.62. The second kappa shape index (κ2) is 11.3. The van der Waals surface area contributed by atoms with Crippen molar-refractivity contribution in [2.45, 2.75) is 38.6 Å². The number of aromatic nitrogens is 2. The van der Waals surface area contributed by atoms with Crippen LogP contribution in [0.15, 0.2) is 59.4 Å². The summed E-state index contributed by atoms with van der Waals surface area (Å²) in [6, 6.07) is 16.8. The van der Waals surface area contributed by atoms with Gasteiger partial charge in [0.1, 0.15) is 11.3 Å². The van der Waals surface area contributed by atoms with Crippen molar-refractivity contribution in [3.8, 4) is 5.75 Å². The molecule has 9 nitrogen and oxygen atoms in total. The number of nitrogens with one attached hydrogen (secondary N) is 1. The lowest BCUT2D eigenvalue weighted by Gasteiger charge is -2.32. The van der Waals surface area contributed by atoms with E-state index >= 15 is 0 Å². The molecule has 5 rings (SSSR count). The molecule has 1 saturated heterocycles. The van der Waals surface area contributed by atoms with E-state index in [4.69, 9.17) is 10.5 Å². The van der Waals surface area contributed by atoms with Crippen molar-refractivity contribution in [3.05, 3.63) is 81.8 Å². The van der Waals surface area contributed by atoms with Crippen LogP contribution in [0.2, 0.25) is 0 Å². The number of pyridine rings is 2. The lowest BCUT2D eigenvalue weighted by Crippen LogP contribution is -2.43. The molecule has 0 atom stereocenters. The summed E-state index contributed by atoms with van der Waals surface area (Å²) in [6.07, 6.45) is 1.99. The molecule has 0 radical (unpaired) electrons. The first-order chi connectivity index (χ1) is 18.4. The molecule has 0 bridgehead atoms. The molecular formula is C29H33N5O4. The standard InChI is InChI=1S/C29H33N5O4/c1-38-18-19-5-8-23-24(29(30)37)16-27(36)34(25(23)15-19)14-13-33-11-9-21(10-12-33)31-17-22-7-6-20-3-2-4-26(35)28(20)32-22/h2-8,15-16,21,31,35H,9-14,17-18H2,1H3,(H2,30,37). The number of primary amides is 1. The number of methoxy groups -OCH3 is 1. The smallest absolute Gasteiger partial charge is 0.251 e. The fourth-order valence-corrected chi connectivity index (χ4v) is 5.24. The molecule has 1 aliphatic heterocycles. The first kappa shape index (κ1) is 25.8. The predicted octanol–water partition coefficient (Wildman–Crippen LogP) is 2.75. The van der Waals surface area contributed by atoms with Crippen LogP contribution in [-0.2, 0) is 24.4 Å². The minimum absolute atomic E-state index is 0.198. The largest absolute Gasteiger partial charge is 0.506 e. The van der Waals surface area contributed by atoms with Crippen LogP contribution in [0.1, 0.15) is 34.5 Å². The Kier molecular flexibility index (Phi) is 7.69. The van der Waals surface area contributed by atoms with Crippen LogP contribution in [-0.4, -0.2) is 58.3 Å². The van der Waals surface area contributed by atoms with E-state index in [0.717, 1.165) is 49.1 Å². The highest BCUT2D eigenvalue weighted by atomic mass is 16.5. The third kappa shape index (κ3) is 5.55. The Morgan fingerprint density at radius 1 is 1.13 bits per heavy atom. The molecular weight excluding hydrogens is 482 g/mol. The van der Waals surface area contributed by atoms with Crippen molar-refractivity contribution in [2.24, 2.45) is 5.73 Å². The van der Waals surface area contributed by atoms with Crippen molar-refractivity contribution in [3.63, 3.8) is 0 Å². The molecule has 1 amide bonds. The van der Waals surface area contributed by atoms with Crippen LogP contribution in [0.3, 0.4) is 0 Å². The van der Waals surface area contributed by atoms with Gasteiger partial charge in [-0.15, -0.1) is 0 Å². The number of para-hydroxylation sites is 1. The number of aromatic hydroxyl groups is 1. The van der Waals surface area contributed by atoms with Crippen molar-refractivity contribution >= 4 is 27.7 Å². The van der Waals surface area contributed by atoms with Gasteiger partial charge in [-0.1, -0.05) is 30.3 Å². The number of piperidine rings is 1. The van der Waals surface area contributed by atoms with Gasteiger partial charge in [0.2, 0.25) is 5.91 Å². The highest BCUT2D eigenvalue weighted by Gasteiger charge is 2.20. The van der Waals surface area contributed by atoms with Crippen LogP contribution in [0, 0.1) is 0 Å². The molecule has 9 heteroatoms. The van der Waals surface area contributed by atoms with Crippen LogP contribution >= 0.6 is 0 Å². The first-order valence-corrected chi connectivity index (χ1v) is 12.9. The zero-order valence-electron chi connectivity index (χ0n) is 21.5. The number of rotatable bonds is 9. The number of nitrogens with two attached hydrogens (primary N) is 1. The summed E-state index contributed by atoms with van der Waals surface area (Å²) in [4.78, 5) is 31.9. The van der Waals surface area contributed by atoms with Gasteiger partial charge < -0.3 is 30.4 Å².